The average Bonchev–Trinajstić information content (AvgIpc) is 2.74. The summed E-state index contributed by atoms with van der Waals surface area (Å²) < 4.78 is 7.35. The summed E-state index contributed by atoms with van der Waals surface area (Å²) in [6, 6.07) is 1.77. The number of ether oxygens (including phenoxy) is 1. The van der Waals surface area contributed by atoms with E-state index in [0.717, 1.165) is 0 Å². The molecular formula is C12H19N3O2. The maximum absolute atomic E-state index is 12.3. The van der Waals surface area contributed by atoms with Gasteiger partial charge in [0, 0.05) is 25.8 Å². The van der Waals surface area contributed by atoms with Gasteiger partial charge in [0.15, 0.2) is 0 Å². The summed E-state index contributed by atoms with van der Waals surface area (Å²) in [4.78, 5) is 14.2. The minimum atomic E-state index is 0.0475. The van der Waals surface area contributed by atoms with Crippen LogP contribution in [0.2, 0.25) is 0 Å². The van der Waals surface area contributed by atoms with E-state index in [-0.39, 0.29) is 18.1 Å². The van der Waals surface area contributed by atoms with Gasteiger partial charge in [0.05, 0.1) is 12.2 Å². The smallest absolute Gasteiger partial charge is 0.272 e. The zero-order valence-electron chi connectivity index (χ0n) is 10.6. The van der Waals surface area contributed by atoms with E-state index >= 15 is 0 Å². The molecule has 0 aromatic carbocycles. The highest BCUT2D eigenvalue weighted by molar-refractivity contribution is 5.92. The van der Waals surface area contributed by atoms with Crippen molar-refractivity contribution >= 4 is 5.91 Å². The van der Waals surface area contributed by atoms with E-state index in [1.54, 1.807) is 16.9 Å². The van der Waals surface area contributed by atoms with E-state index < -0.39 is 0 Å². The molecule has 2 rings (SSSR count). The quantitative estimate of drug-likeness (QED) is 0.775. The number of nitrogens with zero attached hydrogens (tertiary/aromatic N) is 3. The number of aryl methyl sites for hydroxylation is 1. The van der Waals surface area contributed by atoms with Crippen LogP contribution in [0.25, 0.3) is 0 Å². The molecule has 5 nitrogen and oxygen atoms in total. The third kappa shape index (κ3) is 2.49. The van der Waals surface area contributed by atoms with E-state index in [0.29, 0.717) is 25.3 Å². The molecule has 1 saturated heterocycles. The van der Waals surface area contributed by atoms with Crippen LogP contribution in [-0.2, 0) is 11.3 Å². The molecule has 1 aromatic heterocycles. The SMILES string of the molecule is CCn1nccc1C(=O)N1C[C@H](C)O[C@@H](C)C1. The maximum Gasteiger partial charge on any atom is 0.272 e. The molecule has 17 heavy (non-hydrogen) atoms. The number of hydrogen-bond acceptors (Lipinski definition) is 3. The molecule has 1 aliphatic rings. The fourth-order valence-electron chi connectivity index (χ4n) is 2.27. The van der Waals surface area contributed by atoms with Crippen LogP contribution in [0.3, 0.4) is 0 Å². The molecule has 0 saturated carbocycles. The standard InChI is InChI=1S/C12H19N3O2/c1-4-15-11(5-6-13-15)12(16)14-7-9(2)17-10(3)8-14/h5-6,9-10H,4,7-8H2,1-3H3/t9-,10-/m0/s1. The van der Waals surface area contributed by atoms with E-state index in [9.17, 15) is 4.79 Å². The van der Waals surface area contributed by atoms with E-state index in [2.05, 4.69) is 5.10 Å². The number of morpholine rings is 1. The van der Waals surface area contributed by atoms with Crippen LogP contribution < -0.4 is 0 Å². The Balaban J connectivity index is 2.14. The largest absolute Gasteiger partial charge is 0.372 e. The van der Waals surface area contributed by atoms with Gasteiger partial charge in [-0.2, -0.15) is 5.10 Å². The molecule has 1 aromatic rings. The second-order valence-corrected chi connectivity index (χ2v) is 4.50. The molecule has 2 atom stereocenters. The number of aromatic nitrogens is 2. The molecule has 1 amide bonds. The summed E-state index contributed by atoms with van der Waals surface area (Å²) in [6.07, 6.45) is 1.87. The first-order chi connectivity index (χ1) is 8.11. The predicted octanol–water partition coefficient (Wildman–Crippen LogP) is 1.15. The highest BCUT2D eigenvalue weighted by Crippen LogP contribution is 2.14. The summed E-state index contributed by atoms with van der Waals surface area (Å²) in [6.45, 7) is 7.98. The van der Waals surface area contributed by atoms with Crippen molar-refractivity contribution in [2.24, 2.45) is 0 Å². The lowest BCUT2D eigenvalue weighted by Crippen LogP contribution is -2.48. The van der Waals surface area contributed by atoms with E-state index in [1.165, 1.54) is 0 Å². The zero-order valence-corrected chi connectivity index (χ0v) is 10.6. The lowest BCUT2D eigenvalue weighted by molar-refractivity contribution is -0.0588. The van der Waals surface area contributed by atoms with Gasteiger partial charge in [0.25, 0.3) is 5.91 Å². The lowest BCUT2D eigenvalue weighted by Gasteiger charge is -2.35. The van der Waals surface area contributed by atoms with Crippen molar-refractivity contribution in [1.29, 1.82) is 0 Å². The number of carbonyl (C=O) groups excluding carboxylic acids is 1. The molecule has 5 heteroatoms. The fraction of sp³-hybridized carbons (Fsp3) is 0.667. The van der Waals surface area contributed by atoms with Gasteiger partial charge in [-0.1, -0.05) is 0 Å². The minimum absolute atomic E-state index is 0.0475. The molecule has 0 aliphatic carbocycles. The first-order valence-corrected chi connectivity index (χ1v) is 6.08. The summed E-state index contributed by atoms with van der Waals surface area (Å²) in [5.74, 6) is 0.0475. The maximum atomic E-state index is 12.3. The predicted molar refractivity (Wildman–Crippen MR) is 63.8 cm³/mol. The zero-order chi connectivity index (χ0) is 12.4. The van der Waals surface area contributed by atoms with Crippen molar-refractivity contribution in [3.8, 4) is 0 Å². The molecule has 1 fully saturated rings. The molecular weight excluding hydrogens is 218 g/mol. The second-order valence-electron chi connectivity index (χ2n) is 4.50. The molecule has 94 valence electrons. The van der Waals surface area contributed by atoms with Gasteiger partial charge in [0.2, 0.25) is 0 Å². The number of carbonyl (C=O) groups is 1. The van der Waals surface area contributed by atoms with Crippen LogP contribution in [-0.4, -0.2) is 45.9 Å². The highest BCUT2D eigenvalue weighted by Gasteiger charge is 2.27. The van der Waals surface area contributed by atoms with Crippen molar-refractivity contribution in [1.82, 2.24) is 14.7 Å². The third-order valence-electron chi connectivity index (χ3n) is 2.94. The Hall–Kier alpha value is -1.36. The van der Waals surface area contributed by atoms with Crippen molar-refractivity contribution in [2.45, 2.75) is 39.5 Å². The number of hydrogen-bond donors (Lipinski definition) is 0. The molecule has 2 heterocycles. The topological polar surface area (TPSA) is 47.4 Å². The fourth-order valence-corrected chi connectivity index (χ4v) is 2.27. The van der Waals surface area contributed by atoms with Crippen molar-refractivity contribution in [2.75, 3.05) is 13.1 Å². The molecule has 0 unspecified atom stereocenters. The first kappa shape index (κ1) is 12.1. The average molecular weight is 237 g/mol. The van der Waals surface area contributed by atoms with Crippen LogP contribution in [0, 0.1) is 0 Å². The minimum Gasteiger partial charge on any atom is -0.372 e. The Morgan fingerprint density at radius 1 is 1.47 bits per heavy atom. The van der Waals surface area contributed by atoms with Crippen LogP contribution in [0.1, 0.15) is 31.3 Å². The number of rotatable bonds is 2. The highest BCUT2D eigenvalue weighted by atomic mass is 16.5. The summed E-state index contributed by atoms with van der Waals surface area (Å²) >= 11 is 0. The molecule has 0 bridgehead atoms. The van der Waals surface area contributed by atoms with Crippen molar-refractivity contribution < 1.29 is 9.53 Å². The lowest BCUT2D eigenvalue weighted by atomic mass is 10.2. The summed E-state index contributed by atoms with van der Waals surface area (Å²) in [7, 11) is 0. The summed E-state index contributed by atoms with van der Waals surface area (Å²) in [5.41, 5.74) is 0.661. The second kappa shape index (κ2) is 4.87. The van der Waals surface area contributed by atoms with Crippen LogP contribution in [0.5, 0.6) is 0 Å². The van der Waals surface area contributed by atoms with E-state index in [1.807, 2.05) is 25.7 Å². The monoisotopic (exact) mass is 237 g/mol. The molecule has 0 N–H and O–H groups in total. The van der Waals surface area contributed by atoms with Crippen LogP contribution in [0.4, 0.5) is 0 Å². The molecule has 0 radical (unpaired) electrons. The molecule has 0 spiro atoms. The Morgan fingerprint density at radius 3 is 2.71 bits per heavy atom. The van der Waals surface area contributed by atoms with E-state index in [4.69, 9.17) is 4.74 Å². The van der Waals surface area contributed by atoms with Gasteiger partial charge in [-0.05, 0) is 26.8 Å². The van der Waals surface area contributed by atoms with Gasteiger partial charge < -0.3 is 9.64 Å². The van der Waals surface area contributed by atoms with Gasteiger partial charge in [-0.15, -0.1) is 0 Å². The Bertz CT molecular complexity index is 392. The first-order valence-electron chi connectivity index (χ1n) is 6.08. The summed E-state index contributed by atoms with van der Waals surface area (Å²) in [5, 5.41) is 4.13. The third-order valence-corrected chi connectivity index (χ3v) is 2.94. The Morgan fingerprint density at radius 2 is 2.12 bits per heavy atom. The Kier molecular flexibility index (Phi) is 3.47. The van der Waals surface area contributed by atoms with Gasteiger partial charge in [-0.25, -0.2) is 0 Å². The normalized spacial score (nSPS) is 25.0. The van der Waals surface area contributed by atoms with Crippen LogP contribution >= 0.6 is 0 Å². The van der Waals surface area contributed by atoms with Crippen LogP contribution in [0.15, 0.2) is 12.3 Å². The van der Waals surface area contributed by atoms with Gasteiger partial charge >= 0.3 is 0 Å². The van der Waals surface area contributed by atoms with Crippen molar-refractivity contribution in [3.05, 3.63) is 18.0 Å². The Labute approximate surface area is 101 Å². The van der Waals surface area contributed by atoms with Gasteiger partial charge in [-0.3, -0.25) is 9.48 Å². The molecule has 1 aliphatic heterocycles. The van der Waals surface area contributed by atoms with Crippen molar-refractivity contribution in [3.63, 3.8) is 0 Å². The number of amides is 1. The van der Waals surface area contributed by atoms with Gasteiger partial charge in [0.1, 0.15) is 5.69 Å².